The Morgan fingerprint density at radius 2 is 1.85 bits per heavy atom. The van der Waals surface area contributed by atoms with Crippen molar-refractivity contribution < 1.29 is 9.53 Å². The number of benzene rings is 2. The molecule has 0 unspecified atom stereocenters. The van der Waals surface area contributed by atoms with Crippen LogP contribution in [0.1, 0.15) is 27.2 Å². The van der Waals surface area contributed by atoms with Crippen molar-refractivity contribution in [1.29, 1.82) is 0 Å². The lowest BCUT2D eigenvalue weighted by Crippen LogP contribution is -2.26. The number of aromatic nitrogens is 2. The number of hydrogen-bond donors (Lipinski definition) is 1. The Hall–Kier alpha value is -3.08. The van der Waals surface area contributed by atoms with E-state index in [1.165, 1.54) is 0 Å². The number of methoxy groups -OCH3 is 1. The monoisotopic (exact) mass is 349 g/mol. The number of carbonyl (C=O) groups excluding carboxylic acids is 1. The quantitative estimate of drug-likeness (QED) is 0.741. The molecule has 134 valence electrons. The van der Waals surface area contributed by atoms with Gasteiger partial charge in [0, 0.05) is 6.54 Å². The van der Waals surface area contributed by atoms with Crippen molar-refractivity contribution in [2.45, 2.75) is 20.3 Å². The Kier molecular flexibility index (Phi) is 5.37. The molecule has 0 atom stereocenters. The van der Waals surface area contributed by atoms with E-state index in [4.69, 9.17) is 4.74 Å². The van der Waals surface area contributed by atoms with Crippen molar-refractivity contribution >= 4 is 5.91 Å². The van der Waals surface area contributed by atoms with Crippen LogP contribution < -0.4 is 10.1 Å². The summed E-state index contributed by atoms with van der Waals surface area (Å²) >= 11 is 0. The third-order valence-electron chi connectivity index (χ3n) is 4.46. The second-order valence-electron chi connectivity index (χ2n) is 6.20. The molecule has 2 aromatic carbocycles. The topological polar surface area (TPSA) is 56.1 Å². The van der Waals surface area contributed by atoms with Gasteiger partial charge in [-0.05, 0) is 49.6 Å². The van der Waals surface area contributed by atoms with E-state index >= 15 is 0 Å². The van der Waals surface area contributed by atoms with Gasteiger partial charge in [0.15, 0.2) is 0 Å². The second kappa shape index (κ2) is 7.87. The molecule has 3 aromatic rings. The largest absolute Gasteiger partial charge is 0.497 e. The molecule has 26 heavy (non-hydrogen) atoms. The standard InChI is InChI=1S/C21H23N3O2/c1-15-6-4-5-7-20(15)24-16(2)19(14-23-24)21(25)22-13-12-17-8-10-18(26-3)11-9-17/h4-11,14H,12-13H2,1-3H3,(H,22,25). The number of aryl methyl sites for hydroxylation is 1. The number of nitrogens with zero attached hydrogens (tertiary/aromatic N) is 2. The molecular weight excluding hydrogens is 326 g/mol. The van der Waals surface area contributed by atoms with Gasteiger partial charge in [-0.15, -0.1) is 0 Å². The number of hydrogen-bond acceptors (Lipinski definition) is 3. The van der Waals surface area contributed by atoms with E-state index in [1.807, 2.05) is 67.1 Å². The van der Waals surface area contributed by atoms with E-state index in [1.54, 1.807) is 13.3 Å². The van der Waals surface area contributed by atoms with Gasteiger partial charge in [-0.1, -0.05) is 30.3 Å². The Morgan fingerprint density at radius 3 is 2.54 bits per heavy atom. The van der Waals surface area contributed by atoms with E-state index in [0.29, 0.717) is 12.1 Å². The van der Waals surface area contributed by atoms with Gasteiger partial charge in [-0.25, -0.2) is 4.68 Å². The van der Waals surface area contributed by atoms with Crippen LogP contribution in [0.4, 0.5) is 0 Å². The molecule has 1 amide bonds. The first kappa shape index (κ1) is 17.7. The molecule has 5 nitrogen and oxygen atoms in total. The van der Waals surface area contributed by atoms with Crippen LogP contribution in [0, 0.1) is 13.8 Å². The predicted octanol–water partition coefficient (Wildman–Crippen LogP) is 3.47. The third-order valence-corrected chi connectivity index (χ3v) is 4.46. The van der Waals surface area contributed by atoms with Gasteiger partial charge in [0.1, 0.15) is 5.75 Å². The van der Waals surface area contributed by atoms with Crippen LogP contribution in [-0.2, 0) is 6.42 Å². The summed E-state index contributed by atoms with van der Waals surface area (Å²) in [6.45, 7) is 4.52. The Labute approximate surface area is 153 Å². The summed E-state index contributed by atoms with van der Waals surface area (Å²) in [4.78, 5) is 12.5. The first-order valence-corrected chi connectivity index (χ1v) is 8.62. The van der Waals surface area contributed by atoms with E-state index in [0.717, 1.165) is 34.7 Å². The summed E-state index contributed by atoms with van der Waals surface area (Å²) in [5, 5.41) is 7.37. The smallest absolute Gasteiger partial charge is 0.254 e. The summed E-state index contributed by atoms with van der Waals surface area (Å²) in [5.74, 6) is 0.730. The minimum atomic E-state index is -0.101. The van der Waals surface area contributed by atoms with Crippen LogP contribution >= 0.6 is 0 Å². The van der Waals surface area contributed by atoms with Crippen LogP contribution in [-0.4, -0.2) is 29.3 Å². The second-order valence-corrected chi connectivity index (χ2v) is 6.20. The minimum absolute atomic E-state index is 0.101. The molecule has 1 aromatic heterocycles. The van der Waals surface area contributed by atoms with Crippen molar-refractivity contribution in [2.75, 3.05) is 13.7 Å². The van der Waals surface area contributed by atoms with Gasteiger partial charge < -0.3 is 10.1 Å². The lowest BCUT2D eigenvalue weighted by atomic mass is 10.1. The van der Waals surface area contributed by atoms with Gasteiger partial charge in [0.2, 0.25) is 0 Å². The Morgan fingerprint density at radius 1 is 1.12 bits per heavy atom. The van der Waals surface area contributed by atoms with Crippen molar-refractivity contribution in [3.8, 4) is 11.4 Å². The molecular formula is C21H23N3O2. The summed E-state index contributed by atoms with van der Waals surface area (Å²) < 4.78 is 6.96. The zero-order valence-corrected chi connectivity index (χ0v) is 15.3. The first-order chi connectivity index (χ1) is 12.6. The molecule has 0 fully saturated rings. The molecule has 0 aliphatic rings. The highest BCUT2D eigenvalue weighted by molar-refractivity contribution is 5.95. The van der Waals surface area contributed by atoms with Crippen LogP contribution in [0.3, 0.4) is 0 Å². The maximum atomic E-state index is 12.5. The molecule has 0 bridgehead atoms. The number of carbonyl (C=O) groups is 1. The number of para-hydroxylation sites is 1. The molecule has 5 heteroatoms. The van der Waals surface area contributed by atoms with E-state index in [2.05, 4.69) is 10.4 Å². The zero-order valence-electron chi connectivity index (χ0n) is 15.3. The summed E-state index contributed by atoms with van der Waals surface area (Å²) in [5.41, 5.74) is 4.69. The Balaban J connectivity index is 1.64. The highest BCUT2D eigenvalue weighted by atomic mass is 16.5. The predicted molar refractivity (Wildman–Crippen MR) is 102 cm³/mol. The number of nitrogens with one attached hydrogen (secondary N) is 1. The fourth-order valence-electron chi connectivity index (χ4n) is 2.88. The SMILES string of the molecule is COc1ccc(CCNC(=O)c2cnn(-c3ccccc3C)c2C)cc1. The molecule has 1 heterocycles. The molecule has 1 N–H and O–H groups in total. The molecule has 0 saturated carbocycles. The van der Waals surface area contributed by atoms with Crippen LogP contribution in [0.2, 0.25) is 0 Å². The highest BCUT2D eigenvalue weighted by Gasteiger charge is 2.15. The maximum absolute atomic E-state index is 12.5. The van der Waals surface area contributed by atoms with Crippen molar-refractivity contribution in [1.82, 2.24) is 15.1 Å². The van der Waals surface area contributed by atoms with Gasteiger partial charge >= 0.3 is 0 Å². The van der Waals surface area contributed by atoms with Gasteiger partial charge in [0.05, 0.1) is 30.3 Å². The third kappa shape index (κ3) is 3.77. The number of amides is 1. The fraction of sp³-hybridized carbons (Fsp3) is 0.238. The van der Waals surface area contributed by atoms with Crippen molar-refractivity contribution in [3.05, 3.63) is 77.1 Å². The van der Waals surface area contributed by atoms with Gasteiger partial charge in [-0.3, -0.25) is 4.79 Å². The summed E-state index contributed by atoms with van der Waals surface area (Å²) in [7, 11) is 1.65. The van der Waals surface area contributed by atoms with E-state index < -0.39 is 0 Å². The fourth-order valence-corrected chi connectivity index (χ4v) is 2.88. The zero-order chi connectivity index (χ0) is 18.5. The molecule has 0 radical (unpaired) electrons. The van der Waals surface area contributed by atoms with Crippen LogP contribution in [0.15, 0.2) is 54.7 Å². The normalized spacial score (nSPS) is 10.6. The van der Waals surface area contributed by atoms with Crippen molar-refractivity contribution in [2.24, 2.45) is 0 Å². The number of rotatable bonds is 6. The van der Waals surface area contributed by atoms with Crippen LogP contribution in [0.25, 0.3) is 5.69 Å². The highest BCUT2D eigenvalue weighted by Crippen LogP contribution is 2.17. The van der Waals surface area contributed by atoms with E-state index in [9.17, 15) is 4.79 Å². The van der Waals surface area contributed by atoms with Crippen LogP contribution in [0.5, 0.6) is 5.75 Å². The summed E-state index contributed by atoms with van der Waals surface area (Å²) in [6.07, 6.45) is 2.39. The minimum Gasteiger partial charge on any atom is -0.497 e. The average Bonchev–Trinajstić information content (AvgIpc) is 3.04. The van der Waals surface area contributed by atoms with E-state index in [-0.39, 0.29) is 5.91 Å². The number of ether oxygens (including phenoxy) is 1. The molecule has 0 aliphatic carbocycles. The Bertz CT molecular complexity index is 898. The lowest BCUT2D eigenvalue weighted by molar-refractivity contribution is 0.0953. The lowest BCUT2D eigenvalue weighted by Gasteiger charge is -2.09. The molecule has 0 saturated heterocycles. The first-order valence-electron chi connectivity index (χ1n) is 8.62. The van der Waals surface area contributed by atoms with Gasteiger partial charge in [-0.2, -0.15) is 5.10 Å². The maximum Gasteiger partial charge on any atom is 0.254 e. The molecule has 0 aliphatic heterocycles. The molecule has 0 spiro atoms. The van der Waals surface area contributed by atoms with Gasteiger partial charge in [0.25, 0.3) is 5.91 Å². The van der Waals surface area contributed by atoms with Crippen molar-refractivity contribution in [3.63, 3.8) is 0 Å². The summed E-state index contributed by atoms with van der Waals surface area (Å²) in [6, 6.07) is 15.9. The molecule has 3 rings (SSSR count). The average molecular weight is 349 g/mol.